The second-order valence-electron chi connectivity index (χ2n) is 2.71. The molecule has 1 N–H and O–H groups in total. The lowest BCUT2D eigenvalue weighted by Crippen LogP contribution is -2.11. The first kappa shape index (κ1) is 11.0. The summed E-state index contributed by atoms with van der Waals surface area (Å²) in [6, 6.07) is 0. The number of hydrogen-bond donors (Lipinski definition) is 1. The molecule has 0 saturated carbocycles. The van der Waals surface area contributed by atoms with E-state index in [4.69, 9.17) is 0 Å². The molecule has 0 radical (unpaired) electrons. The first-order chi connectivity index (χ1) is 6.15. The molecule has 1 unspecified atom stereocenters. The number of aromatic nitrogens is 3. The number of aryl methyl sites for hydroxylation is 1. The summed E-state index contributed by atoms with van der Waals surface area (Å²) in [6.45, 7) is 1.90. The van der Waals surface area contributed by atoms with Crippen LogP contribution in [0.3, 0.4) is 0 Å². The van der Waals surface area contributed by atoms with E-state index >= 15 is 0 Å². The highest BCUT2D eigenvalue weighted by molar-refractivity contribution is 9.09. The van der Waals surface area contributed by atoms with Gasteiger partial charge in [0, 0.05) is 18.1 Å². The van der Waals surface area contributed by atoms with Crippen LogP contribution < -0.4 is 0 Å². The van der Waals surface area contributed by atoms with Crippen molar-refractivity contribution in [3.05, 3.63) is 5.82 Å². The third kappa shape index (κ3) is 2.96. The van der Waals surface area contributed by atoms with Crippen LogP contribution in [0.2, 0.25) is 0 Å². The zero-order valence-corrected chi connectivity index (χ0v) is 9.97. The molecule has 13 heavy (non-hydrogen) atoms. The Kier molecular flexibility index (Phi) is 4.21. The minimum atomic E-state index is -0.331. The van der Waals surface area contributed by atoms with Crippen LogP contribution in [0.4, 0.5) is 0 Å². The van der Waals surface area contributed by atoms with E-state index in [1.807, 2.05) is 18.5 Å². The van der Waals surface area contributed by atoms with Crippen molar-refractivity contribution < 1.29 is 5.11 Å². The molecular formula is C7H12BrN3OS. The molecule has 74 valence electrons. The molecule has 0 aromatic carbocycles. The third-order valence-corrected chi connectivity index (χ3v) is 3.55. The fraction of sp³-hybridized carbons (Fsp3) is 0.714. The van der Waals surface area contributed by atoms with Gasteiger partial charge in [0.25, 0.3) is 0 Å². The standard InChI is InChI=1S/C7H12BrN3OS/c1-5-9-10-7(11(5)2)13-4-6(12)3-8/h6,12H,3-4H2,1-2H3. The fourth-order valence-electron chi connectivity index (χ4n) is 0.729. The molecule has 0 fully saturated rings. The first-order valence-electron chi connectivity index (χ1n) is 3.88. The highest BCUT2D eigenvalue weighted by Crippen LogP contribution is 2.16. The third-order valence-electron chi connectivity index (χ3n) is 1.64. The van der Waals surface area contributed by atoms with Crippen molar-refractivity contribution in [3.8, 4) is 0 Å². The van der Waals surface area contributed by atoms with E-state index in [1.165, 1.54) is 11.8 Å². The largest absolute Gasteiger partial charge is 0.391 e. The molecule has 0 saturated heterocycles. The van der Waals surface area contributed by atoms with Gasteiger partial charge in [0.05, 0.1) is 6.10 Å². The molecule has 0 aliphatic carbocycles. The normalized spacial score (nSPS) is 13.2. The average Bonchev–Trinajstić information content (AvgIpc) is 2.44. The monoisotopic (exact) mass is 265 g/mol. The Balaban J connectivity index is 2.50. The summed E-state index contributed by atoms with van der Waals surface area (Å²) in [4.78, 5) is 0. The van der Waals surface area contributed by atoms with Gasteiger partial charge in [0.2, 0.25) is 0 Å². The van der Waals surface area contributed by atoms with Crippen molar-refractivity contribution in [3.63, 3.8) is 0 Å². The lowest BCUT2D eigenvalue weighted by Gasteiger charge is -2.05. The maximum absolute atomic E-state index is 9.29. The van der Waals surface area contributed by atoms with Gasteiger partial charge in [0.1, 0.15) is 5.82 Å². The number of nitrogens with zero attached hydrogens (tertiary/aromatic N) is 3. The van der Waals surface area contributed by atoms with Gasteiger partial charge in [-0.15, -0.1) is 10.2 Å². The molecule has 0 amide bonds. The Morgan fingerprint density at radius 3 is 2.77 bits per heavy atom. The molecule has 1 aromatic heterocycles. The van der Waals surface area contributed by atoms with Gasteiger partial charge >= 0.3 is 0 Å². The molecule has 6 heteroatoms. The van der Waals surface area contributed by atoms with Crippen molar-refractivity contribution >= 4 is 27.7 Å². The summed E-state index contributed by atoms with van der Waals surface area (Å²) in [7, 11) is 1.91. The zero-order chi connectivity index (χ0) is 9.84. The topological polar surface area (TPSA) is 50.9 Å². The number of aliphatic hydroxyl groups excluding tert-OH is 1. The van der Waals surface area contributed by atoms with Crippen LogP contribution in [0.1, 0.15) is 5.82 Å². The van der Waals surface area contributed by atoms with Gasteiger partial charge in [-0.05, 0) is 6.92 Å². The number of halogens is 1. The molecule has 1 heterocycles. The predicted molar refractivity (Wildman–Crippen MR) is 56.3 cm³/mol. The van der Waals surface area contributed by atoms with Crippen molar-refractivity contribution in [2.24, 2.45) is 7.05 Å². The lowest BCUT2D eigenvalue weighted by molar-refractivity contribution is 0.226. The smallest absolute Gasteiger partial charge is 0.191 e. The quantitative estimate of drug-likeness (QED) is 0.651. The maximum atomic E-state index is 9.29. The Labute approximate surface area is 89.9 Å². The molecule has 1 atom stereocenters. The maximum Gasteiger partial charge on any atom is 0.191 e. The highest BCUT2D eigenvalue weighted by Gasteiger charge is 2.08. The van der Waals surface area contributed by atoms with Gasteiger partial charge in [-0.1, -0.05) is 27.7 Å². The lowest BCUT2D eigenvalue weighted by atomic mass is 10.5. The van der Waals surface area contributed by atoms with Crippen LogP contribution in [0.25, 0.3) is 0 Å². The Bertz CT molecular complexity index is 279. The number of rotatable bonds is 4. The van der Waals surface area contributed by atoms with Crippen molar-refractivity contribution in [1.82, 2.24) is 14.8 Å². The van der Waals surface area contributed by atoms with Gasteiger partial charge in [0.15, 0.2) is 5.16 Å². The van der Waals surface area contributed by atoms with Crippen molar-refractivity contribution in [2.45, 2.75) is 18.2 Å². The zero-order valence-electron chi connectivity index (χ0n) is 7.57. The SMILES string of the molecule is Cc1nnc(SCC(O)CBr)n1C. The second-order valence-corrected chi connectivity index (χ2v) is 4.34. The minimum Gasteiger partial charge on any atom is -0.391 e. The summed E-state index contributed by atoms with van der Waals surface area (Å²) < 4.78 is 1.91. The number of thioether (sulfide) groups is 1. The molecule has 0 spiro atoms. The second kappa shape index (κ2) is 4.97. The number of aliphatic hydroxyl groups is 1. The van der Waals surface area contributed by atoms with Gasteiger partial charge < -0.3 is 9.67 Å². The van der Waals surface area contributed by atoms with E-state index < -0.39 is 0 Å². The van der Waals surface area contributed by atoms with Gasteiger partial charge in [-0.2, -0.15) is 0 Å². The average molecular weight is 266 g/mol. The molecule has 0 aliphatic heterocycles. The van der Waals surface area contributed by atoms with E-state index in [0.717, 1.165) is 11.0 Å². The first-order valence-corrected chi connectivity index (χ1v) is 5.98. The van der Waals surface area contributed by atoms with Crippen molar-refractivity contribution in [2.75, 3.05) is 11.1 Å². The molecule has 4 nitrogen and oxygen atoms in total. The van der Waals surface area contributed by atoms with E-state index in [1.54, 1.807) is 0 Å². The highest BCUT2D eigenvalue weighted by atomic mass is 79.9. The van der Waals surface area contributed by atoms with E-state index in [-0.39, 0.29) is 6.10 Å². The van der Waals surface area contributed by atoms with E-state index in [2.05, 4.69) is 26.1 Å². The van der Waals surface area contributed by atoms with E-state index in [0.29, 0.717) is 11.1 Å². The summed E-state index contributed by atoms with van der Waals surface area (Å²) in [5.74, 6) is 1.52. The van der Waals surface area contributed by atoms with Crippen LogP contribution in [0.5, 0.6) is 0 Å². The van der Waals surface area contributed by atoms with Crippen LogP contribution in [-0.2, 0) is 7.05 Å². The molecule has 1 aromatic rings. The predicted octanol–water partition coefficient (Wildman–Crippen LogP) is 0.971. The van der Waals surface area contributed by atoms with Crippen LogP contribution in [-0.4, -0.2) is 37.1 Å². The van der Waals surface area contributed by atoms with Crippen molar-refractivity contribution in [1.29, 1.82) is 0 Å². The Morgan fingerprint density at radius 1 is 1.62 bits per heavy atom. The summed E-state index contributed by atoms with van der Waals surface area (Å²) >= 11 is 4.72. The number of alkyl halides is 1. The van der Waals surface area contributed by atoms with Gasteiger partial charge in [-0.3, -0.25) is 0 Å². The van der Waals surface area contributed by atoms with Crippen LogP contribution in [0, 0.1) is 6.92 Å². The molecule has 0 aliphatic rings. The van der Waals surface area contributed by atoms with Crippen LogP contribution >= 0.6 is 27.7 Å². The summed E-state index contributed by atoms with van der Waals surface area (Å²) in [5, 5.41) is 18.6. The molecule has 0 bridgehead atoms. The Hall–Kier alpha value is -0.0700. The Morgan fingerprint density at radius 2 is 2.31 bits per heavy atom. The van der Waals surface area contributed by atoms with Crippen LogP contribution in [0.15, 0.2) is 5.16 Å². The summed E-state index contributed by atoms with van der Waals surface area (Å²) in [5.41, 5.74) is 0. The minimum absolute atomic E-state index is 0.331. The summed E-state index contributed by atoms with van der Waals surface area (Å²) in [6.07, 6.45) is -0.331. The molecular weight excluding hydrogens is 254 g/mol. The molecule has 1 rings (SSSR count). The number of hydrogen-bond acceptors (Lipinski definition) is 4. The van der Waals surface area contributed by atoms with Gasteiger partial charge in [-0.25, -0.2) is 0 Å². The fourth-order valence-corrected chi connectivity index (χ4v) is 2.14. The van der Waals surface area contributed by atoms with E-state index in [9.17, 15) is 5.11 Å².